The van der Waals surface area contributed by atoms with Gasteiger partial charge in [-0.3, -0.25) is 4.79 Å². The molecule has 14 heteroatoms. The average molecular weight is 1250 g/mol. The predicted octanol–water partition coefficient (Wildman–Crippen LogP) is 15.7. The van der Waals surface area contributed by atoms with Crippen LogP contribution < -0.4 is 5.32 Å². The zero-order valence-electron chi connectivity index (χ0n) is 56.5. The number of aliphatic hydroxyl groups is 8. The lowest BCUT2D eigenvalue weighted by Crippen LogP contribution is -2.65. The molecule has 2 saturated heterocycles. The smallest absolute Gasteiger partial charge is 0.220 e. The van der Waals surface area contributed by atoms with Crippen LogP contribution in [0.5, 0.6) is 0 Å². The van der Waals surface area contributed by atoms with E-state index in [1.54, 1.807) is 0 Å². The highest BCUT2D eigenvalue weighted by Gasteiger charge is 2.51. The molecule has 0 bridgehead atoms. The highest BCUT2D eigenvalue weighted by atomic mass is 16.7. The number of hydrogen-bond acceptors (Lipinski definition) is 13. The van der Waals surface area contributed by atoms with Gasteiger partial charge in [0.15, 0.2) is 12.6 Å². The molecule has 0 aromatic rings. The number of ether oxygens (including phenoxy) is 4. The van der Waals surface area contributed by atoms with Gasteiger partial charge in [-0.1, -0.05) is 314 Å². The third-order valence-corrected chi connectivity index (χ3v) is 18.4. The molecule has 12 unspecified atom stereocenters. The third-order valence-electron chi connectivity index (χ3n) is 18.4. The van der Waals surface area contributed by atoms with Gasteiger partial charge in [0.25, 0.3) is 0 Å². The molecule has 0 aliphatic carbocycles. The number of rotatable bonds is 62. The van der Waals surface area contributed by atoms with Crippen LogP contribution in [-0.4, -0.2) is 140 Å². The van der Waals surface area contributed by atoms with E-state index in [4.69, 9.17) is 18.9 Å². The fourth-order valence-corrected chi connectivity index (χ4v) is 12.4. The van der Waals surface area contributed by atoms with Crippen molar-refractivity contribution in [1.82, 2.24) is 5.32 Å². The number of hydrogen-bond donors (Lipinski definition) is 9. The van der Waals surface area contributed by atoms with E-state index in [0.717, 1.165) is 64.2 Å². The largest absolute Gasteiger partial charge is 0.394 e. The van der Waals surface area contributed by atoms with Crippen molar-refractivity contribution in [2.75, 3.05) is 19.8 Å². The lowest BCUT2D eigenvalue weighted by molar-refractivity contribution is -0.359. The number of unbranched alkanes of at least 4 members (excludes halogenated alkanes) is 43. The van der Waals surface area contributed by atoms with Crippen LogP contribution in [0.2, 0.25) is 0 Å². The van der Waals surface area contributed by atoms with E-state index in [9.17, 15) is 45.6 Å². The summed E-state index contributed by atoms with van der Waals surface area (Å²) < 4.78 is 22.9. The first kappa shape index (κ1) is 82.3. The van der Waals surface area contributed by atoms with Crippen molar-refractivity contribution in [2.45, 2.75) is 408 Å². The van der Waals surface area contributed by atoms with Crippen LogP contribution in [0.1, 0.15) is 335 Å². The number of carbonyl (C=O) groups is 1. The molecule has 518 valence electrons. The summed E-state index contributed by atoms with van der Waals surface area (Å²) in [6.07, 6.45) is 59.0. The highest BCUT2D eigenvalue weighted by molar-refractivity contribution is 5.76. The van der Waals surface area contributed by atoms with Crippen LogP contribution in [0.25, 0.3) is 0 Å². The molecule has 2 fully saturated rings. The summed E-state index contributed by atoms with van der Waals surface area (Å²) in [6.45, 7) is 2.89. The summed E-state index contributed by atoms with van der Waals surface area (Å²) in [5, 5.41) is 87.5. The van der Waals surface area contributed by atoms with Crippen molar-refractivity contribution < 1.29 is 64.6 Å². The molecule has 2 aliphatic rings. The van der Waals surface area contributed by atoms with Crippen LogP contribution in [-0.2, 0) is 23.7 Å². The molecule has 2 rings (SSSR count). The first-order valence-corrected chi connectivity index (χ1v) is 37.2. The normalized spacial score (nSPS) is 23.3. The van der Waals surface area contributed by atoms with Gasteiger partial charge >= 0.3 is 0 Å². The summed E-state index contributed by atoms with van der Waals surface area (Å²) in [6, 6.07) is -0.826. The van der Waals surface area contributed by atoms with Crippen molar-refractivity contribution in [1.29, 1.82) is 0 Å². The van der Waals surface area contributed by atoms with E-state index < -0.39 is 86.8 Å². The van der Waals surface area contributed by atoms with Crippen molar-refractivity contribution in [3.05, 3.63) is 36.5 Å². The number of aliphatic hydroxyl groups excluding tert-OH is 8. The molecular weight excluding hydrogens is 1110 g/mol. The third kappa shape index (κ3) is 42.4. The number of amides is 1. The fraction of sp³-hybridized carbons (Fsp3) is 0.905. The standard InChI is InChI=1S/C74H139NO13/c1-3-5-7-9-11-13-15-17-19-20-21-22-23-24-25-26-27-28-29-30-31-32-33-34-35-36-37-38-39-40-41-42-44-46-48-50-52-54-56-58-66(79)75-62(63(78)57-55-53-51-49-47-45-43-18-16-14-12-10-8-6-4-2)61-85-73-71(84)69(82)72(65(60-77)87-73)88-74-70(83)68(81)67(80)64(59-76)86-74/h15,17,20-21,23-24,62-65,67-74,76-78,80-84H,3-14,16,18-19,22,25-61H2,1-2H3,(H,75,79)/b17-15-,21-20-,24-23-. The zero-order valence-corrected chi connectivity index (χ0v) is 56.5. The van der Waals surface area contributed by atoms with Crippen LogP contribution in [0.3, 0.4) is 0 Å². The Kier molecular flexibility index (Phi) is 55.2. The molecule has 0 radical (unpaired) electrons. The summed E-state index contributed by atoms with van der Waals surface area (Å²) in [5.74, 6) is -0.200. The molecule has 0 aromatic heterocycles. The highest BCUT2D eigenvalue weighted by Crippen LogP contribution is 2.30. The van der Waals surface area contributed by atoms with Gasteiger partial charge < -0.3 is 65.1 Å². The molecule has 2 heterocycles. The summed E-state index contributed by atoms with van der Waals surface area (Å²) in [5.41, 5.74) is 0. The van der Waals surface area contributed by atoms with Gasteiger partial charge in [-0.25, -0.2) is 0 Å². The first-order chi connectivity index (χ1) is 43.1. The van der Waals surface area contributed by atoms with Crippen LogP contribution in [0.4, 0.5) is 0 Å². The molecule has 1 amide bonds. The van der Waals surface area contributed by atoms with Gasteiger partial charge in [0.05, 0.1) is 32.0 Å². The van der Waals surface area contributed by atoms with E-state index in [1.807, 2.05) is 0 Å². The van der Waals surface area contributed by atoms with Crippen LogP contribution in [0, 0.1) is 0 Å². The molecule has 0 aromatic carbocycles. The molecule has 0 spiro atoms. The van der Waals surface area contributed by atoms with Gasteiger partial charge in [-0.15, -0.1) is 0 Å². The van der Waals surface area contributed by atoms with Crippen LogP contribution >= 0.6 is 0 Å². The molecule has 14 nitrogen and oxygen atoms in total. The fourth-order valence-electron chi connectivity index (χ4n) is 12.4. The molecular formula is C74H139NO13. The molecule has 0 saturated carbocycles. The predicted molar refractivity (Wildman–Crippen MR) is 360 cm³/mol. The number of carbonyl (C=O) groups excluding carboxylic acids is 1. The van der Waals surface area contributed by atoms with E-state index in [0.29, 0.717) is 12.8 Å². The first-order valence-electron chi connectivity index (χ1n) is 37.2. The second-order valence-corrected chi connectivity index (χ2v) is 26.4. The Balaban J connectivity index is 1.55. The quantitative estimate of drug-likeness (QED) is 0.0204. The van der Waals surface area contributed by atoms with Crippen molar-refractivity contribution in [2.24, 2.45) is 0 Å². The lowest BCUT2D eigenvalue weighted by Gasteiger charge is -2.46. The zero-order chi connectivity index (χ0) is 63.8. The summed E-state index contributed by atoms with van der Waals surface area (Å²) in [7, 11) is 0. The van der Waals surface area contributed by atoms with Crippen molar-refractivity contribution in [3.8, 4) is 0 Å². The topological polar surface area (TPSA) is 228 Å². The maximum absolute atomic E-state index is 13.3. The Labute approximate surface area is 538 Å². The van der Waals surface area contributed by atoms with E-state index >= 15 is 0 Å². The van der Waals surface area contributed by atoms with Gasteiger partial charge in [-0.2, -0.15) is 0 Å². The molecule has 12 atom stereocenters. The van der Waals surface area contributed by atoms with Crippen molar-refractivity contribution >= 4 is 5.91 Å². The van der Waals surface area contributed by atoms with E-state index in [-0.39, 0.29) is 12.5 Å². The monoisotopic (exact) mass is 1250 g/mol. The molecule has 9 N–H and O–H groups in total. The maximum atomic E-state index is 13.3. The minimum Gasteiger partial charge on any atom is -0.394 e. The Bertz CT molecular complexity index is 1620. The summed E-state index contributed by atoms with van der Waals surface area (Å²) >= 11 is 0. The SMILES string of the molecule is CCCCCCC/C=C\C/C=C\C/C=C\CCCCCCCCCCCCCCCCCCCCCCCCCCC(=O)NC(COC1OC(CO)C(OC2OC(CO)C(O)C(O)C2O)C(O)C1O)C(O)CCCCCCCCCCCCCCCCC. The molecule has 2 aliphatic heterocycles. The van der Waals surface area contributed by atoms with Gasteiger partial charge in [0.2, 0.25) is 5.91 Å². The minimum atomic E-state index is -1.78. The Hall–Kier alpha value is -1.79. The second-order valence-electron chi connectivity index (χ2n) is 26.4. The van der Waals surface area contributed by atoms with Gasteiger partial charge in [0.1, 0.15) is 48.8 Å². The Morgan fingerprint density at radius 2 is 0.750 bits per heavy atom. The Morgan fingerprint density at radius 1 is 0.409 bits per heavy atom. The number of nitrogens with one attached hydrogen (secondary N) is 1. The van der Waals surface area contributed by atoms with Gasteiger partial charge in [-0.05, 0) is 51.4 Å². The minimum absolute atomic E-state index is 0.200. The summed E-state index contributed by atoms with van der Waals surface area (Å²) in [4.78, 5) is 13.3. The van der Waals surface area contributed by atoms with E-state index in [1.165, 1.54) is 244 Å². The number of allylic oxidation sites excluding steroid dienone is 6. The van der Waals surface area contributed by atoms with Crippen molar-refractivity contribution in [3.63, 3.8) is 0 Å². The Morgan fingerprint density at radius 3 is 1.15 bits per heavy atom. The second kappa shape index (κ2) is 59.0. The maximum Gasteiger partial charge on any atom is 0.220 e. The van der Waals surface area contributed by atoms with Gasteiger partial charge in [0, 0.05) is 6.42 Å². The average Bonchev–Trinajstić information content (AvgIpc) is 2.99. The van der Waals surface area contributed by atoms with Crippen LogP contribution in [0.15, 0.2) is 36.5 Å². The molecule has 88 heavy (non-hydrogen) atoms. The lowest BCUT2D eigenvalue weighted by atomic mass is 9.97. The van der Waals surface area contributed by atoms with E-state index in [2.05, 4.69) is 55.6 Å².